The summed E-state index contributed by atoms with van der Waals surface area (Å²) in [5.74, 6) is 0.648. The Morgan fingerprint density at radius 2 is 1.24 bits per heavy atom. The molecule has 0 spiro atoms. The van der Waals surface area contributed by atoms with Gasteiger partial charge in [0.2, 0.25) is 0 Å². The Bertz CT molecular complexity index is 2150. The van der Waals surface area contributed by atoms with Crippen LogP contribution in [0.1, 0.15) is 53.3 Å². The third-order valence-electron chi connectivity index (χ3n) is 9.51. The summed E-state index contributed by atoms with van der Waals surface area (Å²) < 4.78 is 9.18. The summed E-state index contributed by atoms with van der Waals surface area (Å²) in [5.41, 5.74) is 8.22. The van der Waals surface area contributed by atoms with Gasteiger partial charge < -0.3 is 9.30 Å². The number of nitrogens with zero attached hydrogens (tertiary/aromatic N) is 5. The van der Waals surface area contributed by atoms with E-state index in [0.29, 0.717) is 19.0 Å². The van der Waals surface area contributed by atoms with Gasteiger partial charge in [-0.3, -0.25) is 4.79 Å². The van der Waals surface area contributed by atoms with Crippen LogP contribution in [0.25, 0.3) is 22.5 Å². The third kappa shape index (κ3) is 6.68. The highest BCUT2D eigenvalue weighted by molar-refractivity contribution is 5.81. The van der Waals surface area contributed by atoms with Crippen molar-refractivity contribution in [1.29, 1.82) is 0 Å². The Balaban J connectivity index is 1.32. The van der Waals surface area contributed by atoms with Gasteiger partial charge >= 0.3 is 0 Å². The van der Waals surface area contributed by atoms with Gasteiger partial charge in [-0.15, -0.1) is 5.10 Å². The lowest BCUT2D eigenvalue weighted by Gasteiger charge is -2.36. The highest BCUT2D eigenvalue weighted by Gasteiger charge is 2.42. The highest BCUT2D eigenvalue weighted by atomic mass is 16.5. The molecular formula is C44H41N5O2. The number of rotatable bonds is 13. The maximum Gasteiger partial charge on any atom is 0.251 e. The maximum absolute atomic E-state index is 13.3. The fourth-order valence-electron chi connectivity index (χ4n) is 7.09. The number of tetrazole rings is 1. The average molecular weight is 672 g/mol. The number of hydrogen-bond donors (Lipinski definition) is 0. The van der Waals surface area contributed by atoms with E-state index in [-0.39, 0.29) is 5.56 Å². The van der Waals surface area contributed by atoms with Crippen LogP contribution >= 0.6 is 0 Å². The zero-order valence-electron chi connectivity index (χ0n) is 29.0. The van der Waals surface area contributed by atoms with Crippen LogP contribution in [-0.4, -0.2) is 31.9 Å². The summed E-state index contributed by atoms with van der Waals surface area (Å²) in [4.78, 5) is 13.3. The highest BCUT2D eigenvalue weighted by Crippen LogP contribution is 2.43. The van der Waals surface area contributed by atoms with E-state index >= 15 is 0 Å². The van der Waals surface area contributed by atoms with E-state index in [1.807, 2.05) is 39.6 Å². The molecule has 0 aliphatic carbocycles. The normalized spacial score (nSPS) is 11.5. The monoisotopic (exact) mass is 671 g/mol. The van der Waals surface area contributed by atoms with Crippen molar-refractivity contribution in [2.75, 3.05) is 7.11 Å². The molecule has 7 rings (SSSR count). The minimum Gasteiger partial charge on any atom is -0.380 e. The molecule has 0 saturated heterocycles. The van der Waals surface area contributed by atoms with Crippen LogP contribution in [0.2, 0.25) is 0 Å². The van der Waals surface area contributed by atoms with Crippen molar-refractivity contribution in [3.05, 3.63) is 196 Å². The van der Waals surface area contributed by atoms with Crippen LogP contribution in [-0.2, 0) is 29.8 Å². The molecule has 254 valence electrons. The second-order valence-electron chi connectivity index (χ2n) is 12.8. The Kier molecular flexibility index (Phi) is 10.1. The zero-order valence-corrected chi connectivity index (χ0v) is 29.0. The van der Waals surface area contributed by atoms with E-state index in [9.17, 15) is 4.79 Å². The first-order valence-corrected chi connectivity index (χ1v) is 17.5. The molecule has 0 unspecified atom stereocenters. The van der Waals surface area contributed by atoms with Crippen molar-refractivity contribution in [2.45, 2.75) is 44.9 Å². The average Bonchev–Trinajstić information content (AvgIpc) is 3.67. The second kappa shape index (κ2) is 15.3. The van der Waals surface area contributed by atoms with Crippen molar-refractivity contribution in [3.63, 3.8) is 0 Å². The number of methoxy groups -OCH3 is 1. The summed E-state index contributed by atoms with van der Waals surface area (Å²) in [6, 6.07) is 51.8. The predicted octanol–water partition coefficient (Wildman–Crippen LogP) is 8.55. The molecule has 7 heteroatoms. The smallest absolute Gasteiger partial charge is 0.251 e. The fraction of sp³-hybridized carbons (Fsp3) is 0.182. The molecule has 0 N–H and O–H groups in total. The Labute approximate surface area is 298 Å². The number of aromatic nitrogens is 5. The van der Waals surface area contributed by atoms with E-state index in [1.165, 1.54) is 0 Å². The van der Waals surface area contributed by atoms with Gasteiger partial charge in [0.05, 0.1) is 13.2 Å². The summed E-state index contributed by atoms with van der Waals surface area (Å²) >= 11 is 0. The van der Waals surface area contributed by atoms with Gasteiger partial charge in [0.15, 0.2) is 5.82 Å². The van der Waals surface area contributed by atoms with Gasteiger partial charge in [-0.25, -0.2) is 4.68 Å². The number of pyridine rings is 1. The first-order chi connectivity index (χ1) is 25.1. The lowest BCUT2D eigenvalue weighted by molar-refractivity contribution is 0.184. The molecule has 0 amide bonds. The first kappa shape index (κ1) is 33.6. The predicted molar refractivity (Wildman–Crippen MR) is 202 cm³/mol. The van der Waals surface area contributed by atoms with Crippen LogP contribution in [0.4, 0.5) is 0 Å². The lowest BCUT2D eigenvalue weighted by atomic mass is 9.77. The van der Waals surface area contributed by atoms with Crippen molar-refractivity contribution < 1.29 is 4.74 Å². The number of ether oxygens (including phenoxy) is 1. The molecule has 0 atom stereocenters. The van der Waals surface area contributed by atoms with Crippen molar-refractivity contribution in [2.24, 2.45) is 0 Å². The van der Waals surface area contributed by atoms with Gasteiger partial charge in [0, 0.05) is 24.4 Å². The molecular weight excluding hydrogens is 631 g/mol. The van der Waals surface area contributed by atoms with Crippen molar-refractivity contribution in [3.8, 4) is 22.5 Å². The Morgan fingerprint density at radius 1 is 0.667 bits per heavy atom. The SMILES string of the molecule is CCCCc1cc(COC)cc(=O)n1Cc1ccc(-c2ccccc2-c2nnnn2C(c2ccccc2)(c2ccccc2)c2ccccc2)cc1. The van der Waals surface area contributed by atoms with Crippen LogP contribution in [0, 0.1) is 0 Å². The molecule has 2 aromatic heterocycles. The number of hydrogen-bond acceptors (Lipinski definition) is 5. The van der Waals surface area contributed by atoms with Gasteiger partial charge in [-0.2, -0.15) is 0 Å². The standard InChI is InChI=1S/C44H41N5O2/c1-3-4-22-39-29-34(32-51-2)30-42(50)48(39)31-33-25-27-35(28-26-33)40-23-14-15-24-41(40)43-45-46-47-49(43)44(36-16-8-5-9-17-36,37-18-10-6-11-19-37)38-20-12-7-13-21-38/h5-21,23-30H,3-4,22,31-32H2,1-2H3. The zero-order chi connectivity index (χ0) is 35.0. The van der Waals surface area contributed by atoms with Gasteiger partial charge in [0.1, 0.15) is 5.54 Å². The summed E-state index contributed by atoms with van der Waals surface area (Å²) in [6.07, 6.45) is 2.92. The van der Waals surface area contributed by atoms with Gasteiger partial charge in [-0.05, 0) is 68.3 Å². The summed E-state index contributed by atoms with van der Waals surface area (Å²) in [5, 5.41) is 13.8. The Morgan fingerprint density at radius 3 is 1.80 bits per heavy atom. The van der Waals surface area contributed by atoms with Gasteiger partial charge in [0.25, 0.3) is 5.56 Å². The van der Waals surface area contributed by atoms with E-state index < -0.39 is 5.54 Å². The second-order valence-corrected chi connectivity index (χ2v) is 12.8. The molecule has 7 aromatic rings. The minimum absolute atomic E-state index is 0.00403. The molecule has 51 heavy (non-hydrogen) atoms. The molecule has 2 heterocycles. The topological polar surface area (TPSA) is 74.8 Å². The molecule has 0 fully saturated rings. The van der Waals surface area contributed by atoms with E-state index in [2.05, 4.69) is 127 Å². The quantitative estimate of drug-likeness (QED) is 0.115. The molecule has 0 aliphatic heterocycles. The number of benzene rings is 5. The molecule has 0 saturated carbocycles. The molecule has 0 bridgehead atoms. The number of aryl methyl sites for hydroxylation is 1. The van der Waals surface area contributed by atoms with Crippen LogP contribution < -0.4 is 5.56 Å². The van der Waals surface area contributed by atoms with Crippen LogP contribution in [0.3, 0.4) is 0 Å². The van der Waals surface area contributed by atoms with Gasteiger partial charge in [-0.1, -0.05) is 153 Å². The third-order valence-corrected chi connectivity index (χ3v) is 9.51. The summed E-state index contributed by atoms with van der Waals surface area (Å²) in [7, 11) is 1.66. The minimum atomic E-state index is -0.860. The molecule has 7 nitrogen and oxygen atoms in total. The summed E-state index contributed by atoms with van der Waals surface area (Å²) in [6.45, 7) is 3.09. The lowest BCUT2D eigenvalue weighted by Crippen LogP contribution is -2.39. The molecule has 0 radical (unpaired) electrons. The first-order valence-electron chi connectivity index (χ1n) is 17.5. The van der Waals surface area contributed by atoms with Crippen LogP contribution in [0.15, 0.2) is 156 Å². The largest absolute Gasteiger partial charge is 0.380 e. The van der Waals surface area contributed by atoms with Crippen molar-refractivity contribution >= 4 is 0 Å². The van der Waals surface area contributed by atoms with E-state index in [4.69, 9.17) is 15.0 Å². The fourth-order valence-corrected chi connectivity index (χ4v) is 7.09. The van der Waals surface area contributed by atoms with Crippen molar-refractivity contribution in [1.82, 2.24) is 24.8 Å². The van der Waals surface area contributed by atoms with E-state index in [1.54, 1.807) is 13.2 Å². The number of unbranched alkanes of at least 4 members (excludes halogenated alkanes) is 1. The Hall–Kier alpha value is -5.92. The molecule has 5 aromatic carbocycles. The molecule has 0 aliphatic rings. The maximum atomic E-state index is 13.3. The van der Waals surface area contributed by atoms with Crippen LogP contribution in [0.5, 0.6) is 0 Å². The van der Waals surface area contributed by atoms with E-state index in [0.717, 1.165) is 69.5 Å².